The van der Waals surface area contributed by atoms with Crippen LogP contribution in [0.5, 0.6) is 0 Å². The number of hydrogen-bond donors (Lipinski definition) is 1. The summed E-state index contributed by atoms with van der Waals surface area (Å²) in [6.07, 6.45) is 31.7. The fourth-order valence-corrected chi connectivity index (χ4v) is 4.24. The number of carbonyl (C=O) groups is 1. The molecule has 0 rings (SSSR count). The summed E-state index contributed by atoms with van der Waals surface area (Å²) in [4.78, 5) is 11.1. The van der Waals surface area contributed by atoms with Crippen molar-refractivity contribution in [2.45, 2.75) is 161 Å². The van der Waals surface area contributed by atoms with Gasteiger partial charge in [0.05, 0.1) is 0 Å². The number of hydrogen-bond acceptors (Lipinski definition) is 2. The van der Waals surface area contributed by atoms with Gasteiger partial charge in [0.25, 0.3) is 5.91 Å². The third-order valence-electron chi connectivity index (χ3n) is 6.20. The molecule has 4 heteroatoms. The van der Waals surface area contributed by atoms with E-state index in [4.69, 9.17) is 17.0 Å². The van der Waals surface area contributed by atoms with Gasteiger partial charge in [-0.05, 0) is 6.42 Å². The van der Waals surface area contributed by atoms with Crippen LogP contribution >= 0.6 is 11.8 Å². The molecule has 0 aliphatic rings. The van der Waals surface area contributed by atoms with E-state index in [1.165, 1.54) is 135 Å². The van der Waals surface area contributed by atoms with E-state index in [2.05, 4.69) is 6.92 Å². The first-order valence-electron chi connectivity index (χ1n) is 13.4. The Morgan fingerprint density at radius 2 is 0.767 bits per heavy atom. The highest BCUT2D eigenvalue weighted by Crippen LogP contribution is 2.15. The molecule has 0 atom stereocenters. The molecule has 0 heterocycles. The first-order chi connectivity index (χ1) is 14.7. The maximum atomic E-state index is 11.1. The largest absolute Gasteiger partial charge is 0.271 e. The molecule has 1 N–H and O–H groups in total. The monoisotopic (exact) mass is 445 g/mol. The summed E-state index contributed by atoms with van der Waals surface area (Å²) >= 11 is 5.17. The Hall–Kier alpha value is -0.280. The van der Waals surface area contributed by atoms with Gasteiger partial charge >= 0.3 is 0 Å². The fraction of sp³-hybridized carbons (Fsp3) is 0.962. The van der Waals surface area contributed by atoms with Crippen LogP contribution in [0.15, 0.2) is 0 Å². The van der Waals surface area contributed by atoms with Crippen LogP contribution in [0, 0.1) is 0 Å². The minimum atomic E-state index is -0.403. The fourth-order valence-electron chi connectivity index (χ4n) is 4.15. The van der Waals surface area contributed by atoms with Crippen LogP contribution in [0.3, 0.4) is 0 Å². The first kappa shape index (κ1) is 29.7. The first-order valence-corrected chi connectivity index (χ1v) is 13.7. The predicted octanol–water partition coefficient (Wildman–Crippen LogP) is 9.74. The maximum Gasteiger partial charge on any atom is 0.261 e. The van der Waals surface area contributed by atoms with E-state index in [0.29, 0.717) is 6.42 Å². The Bertz CT molecular complexity index is 350. The molecule has 0 aromatic carbocycles. The van der Waals surface area contributed by atoms with Crippen molar-refractivity contribution >= 4 is 17.7 Å². The number of rotatable bonds is 24. The average Bonchev–Trinajstić information content (AvgIpc) is 2.74. The van der Waals surface area contributed by atoms with Gasteiger partial charge in [-0.3, -0.25) is 10.0 Å². The van der Waals surface area contributed by atoms with Crippen molar-refractivity contribution in [2.24, 2.45) is 0 Å². The lowest BCUT2D eigenvalue weighted by Crippen LogP contribution is -2.16. The molecule has 0 aromatic heterocycles. The lowest BCUT2D eigenvalue weighted by atomic mass is 10.0. The van der Waals surface area contributed by atoms with Crippen LogP contribution in [0.2, 0.25) is 0 Å². The van der Waals surface area contributed by atoms with Gasteiger partial charge in [0.2, 0.25) is 0 Å². The molecule has 0 aliphatic heterocycles. The van der Waals surface area contributed by atoms with Crippen molar-refractivity contribution in [1.29, 1.82) is 0 Å². The zero-order valence-corrected chi connectivity index (χ0v) is 20.9. The number of halogens is 1. The van der Waals surface area contributed by atoms with E-state index in [9.17, 15) is 4.79 Å². The summed E-state index contributed by atoms with van der Waals surface area (Å²) in [6.45, 7) is 2.29. The Balaban J connectivity index is 3.04. The summed E-state index contributed by atoms with van der Waals surface area (Å²) in [5, 5.41) is 8.75. The minimum absolute atomic E-state index is 0.179. The molecule has 0 radical (unpaired) electrons. The number of carbonyl (C=O) groups excluding carboxylic acids is 1. The van der Waals surface area contributed by atoms with Crippen LogP contribution in [-0.4, -0.2) is 15.7 Å². The topological polar surface area (TPSA) is 40.5 Å². The summed E-state index contributed by atoms with van der Waals surface area (Å²) in [5.74, 6) is -0.403. The molecule has 0 spiro atoms. The van der Waals surface area contributed by atoms with Crippen molar-refractivity contribution in [2.75, 3.05) is 0 Å². The lowest BCUT2D eigenvalue weighted by molar-refractivity contribution is -0.146. The molecule has 1 amide bonds. The molecule has 0 saturated heterocycles. The third-order valence-corrected chi connectivity index (χ3v) is 6.39. The molecular weight excluding hydrogens is 394 g/mol. The zero-order valence-electron chi connectivity index (χ0n) is 20.2. The molecule has 0 aliphatic carbocycles. The van der Waals surface area contributed by atoms with Crippen LogP contribution in [-0.2, 0) is 4.79 Å². The van der Waals surface area contributed by atoms with Gasteiger partial charge in [-0.25, -0.2) is 0 Å². The van der Waals surface area contributed by atoms with Gasteiger partial charge < -0.3 is 0 Å². The van der Waals surface area contributed by atoms with Crippen molar-refractivity contribution in [3.63, 3.8) is 0 Å². The summed E-state index contributed by atoms with van der Waals surface area (Å²) in [5.41, 5.74) is 0. The number of nitrogens with zero attached hydrogens (tertiary/aromatic N) is 1. The second-order valence-corrected chi connectivity index (χ2v) is 9.50. The number of hydroxylamine groups is 1. The van der Waals surface area contributed by atoms with Crippen molar-refractivity contribution in [1.82, 2.24) is 4.58 Å². The van der Waals surface area contributed by atoms with E-state index in [-0.39, 0.29) is 4.58 Å². The molecular formula is C26H52ClNO2. The molecule has 0 bridgehead atoms. The lowest BCUT2D eigenvalue weighted by Gasteiger charge is -2.05. The predicted molar refractivity (Wildman–Crippen MR) is 131 cm³/mol. The summed E-state index contributed by atoms with van der Waals surface area (Å²) in [6, 6.07) is 0. The van der Waals surface area contributed by atoms with Gasteiger partial charge in [0.1, 0.15) is 0 Å². The Morgan fingerprint density at radius 1 is 0.533 bits per heavy atom. The van der Waals surface area contributed by atoms with Gasteiger partial charge in [-0.2, -0.15) is 0 Å². The smallest absolute Gasteiger partial charge is 0.261 e. The van der Waals surface area contributed by atoms with E-state index in [1.807, 2.05) is 0 Å². The van der Waals surface area contributed by atoms with Crippen molar-refractivity contribution in [3.8, 4) is 0 Å². The quantitative estimate of drug-likeness (QED) is 0.0694. The van der Waals surface area contributed by atoms with Crippen LogP contribution in [0.25, 0.3) is 0 Å². The molecule has 3 nitrogen and oxygen atoms in total. The SMILES string of the molecule is CCCCCCCCCCCCCCCCCCCCCCCCCC(=O)N(O)Cl. The van der Waals surface area contributed by atoms with Crippen LogP contribution in [0.4, 0.5) is 0 Å². The average molecular weight is 446 g/mol. The van der Waals surface area contributed by atoms with Crippen LogP contribution in [0.1, 0.15) is 161 Å². The number of unbranched alkanes of at least 4 members (excludes halogenated alkanes) is 22. The van der Waals surface area contributed by atoms with Crippen LogP contribution < -0.4 is 0 Å². The second-order valence-electron chi connectivity index (χ2n) is 9.18. The molecule has 30 heavy (non-hydrogen) atoms. The highest BCUT2D eigenvalue weighted by molar-refractivity contribution is 6.19. The Labute approximate surface area is 193 Å². The Kier molecular flexibility index (Phi) is 24.8. The van der Waals surface area contributed by atoms with E-state index >= 15 is 0 Å². The zero-order chi connectivity index (χ0) is 22.1. The third kappa shape index (κ3) is 24.0. The highest BCUT2D eigenvalue weighted by Gasteiger charge is 2.06. The van der Waals surface area contributed by atoms with Gasteiger partial charge in [0.15, 0.2) is 0 Å². The minimum Gasteiger partial charge on any atom is -0.271 e. The highest BCUT2D eigenvalue weighted by atomic mass is 35.5. The summed E-state index contributed by atoms with van der Waals surface area (Å²) < 4.78 is 0.179. The van der Waals surface area contributed by atoms with Gasteiger partial charge in [0, 0.05) is 18.2 Å². The molecule has 0 saturated carbocycles. The van der Waals surface area contributed by atoms with E-state index in [1.54, 1.807) is 0 Å². The normalized spacial score (nSPS) is 11.2. The Morgan fingerprint density at radius 3 is 1.00 bits per heavy atom. The van der Waals surface area contributed by atoms with Gasteiger partial charge in [-0.15, -0.1) is 4.58 Å². The molecule has 0 fully saturated rings. The molecule has 180 valence electrons. The van der Waals surface area contributed by atoms with E-state index in [0.717, 1.165) is 12.8 Å². The van der Waals surface area contributed by atoms with Crippen molar-refractivity contribution < 1.29 is 10.0 Å². The molecule has 0 unspecified atom stereocenters. The second kappa shape index (κ2) is 25.0. The van der Waals surface area contributed by atoms with Gasteiger partial charge in [-0.1, -0.05) is 148 Å². The molecule has 0 aromatic rings. The van der Waals surface area contributed by atoms with E-state index < -0.39 is 5.91 Å². The standard InChI is InChI=1S/C26H52ClNO2/c1-2-3-4-5-6-7-8-9-10-11-12-13-14-15-16-17-18-19-20-21-22-23-24-25-26(29)28(27)30/h30H,2-25H2,1H3. The number of amides is 1. The maximum absolute atomic E-state index is 11.1. The summed E-state index contributed by atoms with van der Waals surface area (Å²) in [7, 11) is 0. The van der Waals surface area contributed by atoms with Crippen molar-refractivity contribution in [3.05, 3.63) is 0 Å².